The first-order chi connectivity index (χ1) is 9.65. The van der Waals surface area contributed by atoms with Crippen LogP contribution < -0.4 is 4.90 Å². The molecule has 0 aliphatic carbocycles. The predicted molar refractivity (Wildman–Crippen MR) is 72.6 cm³/mol. The Labute approximate surface area is 114 Å². The molecular weight excluding hydrogens is 260 g/mol. The molecule has 20 heavy (non-hydrogen) atoms. The Hall–Kier alpha value is -2.57. The molecule has 3 rings (SSSR count). The van der Waals surface area contributed by atoms with Crippen molar-refractivity contribution in [3.8, 4) is 0 Å². The summed E-state index contributed by atoms with van der Waals surface area (Å²) in [5, 5.41) is 11.5. The SMILES string of the molecule is O=C1CCCN(c2ncnc3ccc([N+](=O)[O-])cc23)C1. The van der Waals surface area contributed by atoms with E-state index in [2.05, 4.69) is 9.97 Å². The summed E-state index contributed by atoms with van der Waals surface area (Å²) in [6.07, 6.45) is 2.78. The van der Waals surface area contributed by atoms with Gasteiger partial charge in [-0.15, -0.1) is 0 Å². The van der Waals surface area contributed by atoms with Crippen molar-refractivity contribution in [1.82, 2.24) is 9.97 Å². The zero-order chi connectivity index (χ0) is 14.1. The number of non-ortho nitro benzene ring substituents is 1. The second-order valence-electron chi connectivity index (χ2n) is 4.72. The van der Waals surface area contributed by atoms with E-state index >= 15 is 0 Å². The number of piperidine rings is 1. The number of fused-ring (bicyclic) bond motifs is 1. The van der Waals surface area contributed by atoms with Gasteiger partial charge in [-0.3, -0.25) is 14.9 Å². The van der Waals surface area contributed by atoms with E-state index in [-0.39, 0.29) is 11.5 Å². The first-order valence-electron chi connectivity index (χ1n) is 6.31. The van der Waals surface area contributed by atoms with Gasteiger partial charge in [-0.05, 0) is 12.5 Å². The number of nitro groups is 1. The molecule has 7 nitrogen and oxygen atoms in total. The molecule has 0 N–H and O–H groups in total. The maximum Gasteiger partial charge on any atom is 0.270 e. The smallest absolute Gasteiger partial charge is 0.270 e. The molecule has 0 amide bonds. The minimum atomic E-state index is -0.447. The number of hydrogen-bond acceptors (Lipinski definition) is 6. The van der Waals surface area contributed by atoms with E-state index in [1.807, 2.05) is 4.90 Å². The third kappa shape index (κ3) is 2.18. The molecule has 2 aromatic rings. The van der Waals surface area contributed by atoms with Crippen LogP contribution in [0.2, 0.25) is 0 Å². The maximum atomic E-state index is 11.6. The number of ketones is 1. The number of aromatic nitrogens is 2. The highest BCUT2D eigenvalue weighted by atomic mass is 16.6. The Balaban J connectivity index is 2.11. The Morgan fingerprint density at radius 3 is 2.90 bits per heavy atom. The number of carbonyl (C=O) groups is 1. The van der Waals surface area contributed by atoms with Gasteiger partial charge in [0.15, 0.2) is 5.78 Å². The van der Waals surface area contributed by atoms with Crippen LogP contribution in [-0.2, 0) is 4.79 Å². The third-order valence-corrected chi connectivity index (χ3v) is 3.36. The van der Waals surface area contributed by atoms with E-state index in [0.29, 0.717) is 29.7 Å². The lowest BCUT2D eigenvalue weighted by molar-refractivity contribution is -0.384. The average Bonchev–Trinajstić information content (AvgIpc) is 2.46. The van der Waals surface area contributed by atoms with Crippen LogP contribution in [0.25, 0.3) is 10.9 Å². The van der Waals surface area contributed by atoms with E-state index in [1.54, 1.807) is 6.07 Å². The standard InChI is InChI=1S/C13H12N4O3/c18-10-2-1-5-16(7-10)13-11-6-9(17(19)20)3-4-12(11)14-8-15-13/h3-4,6,8H,1-2,5,7H2. The molecule has 1 aromatic carbocycles. The molecule has 0 radical (unpaired) electrons. The molecule has 7 heteroatoms. The van der Waals surface area contributed by atoms with Crippen LogP contribution in [0, 0.1) is 10.1 Å². The fourth-order valence-corrected chi connectivity index (χ4v) is 2.42. The lowest BCUT2D eigenvalue weighted by Crippen LogP contribution is -2.36. The first kappa shape index (κ1) is 12.5. The van der Waals surface area contributed by atoms with E-state index < -0.39 is 4.92 Å². The molecule has 1 aromatic heterocycles. The van der Waals surface area contributed by atoms with Gasteiger partial charge in [0.1, 0.15) is 12.1 Å². The van der Waals surface area contributed by atoms with Crippen molar-refractivity contribution in [1.29, 1.82) is 0 Å². The van der Waals surface area contributed by atoms with Gasteiger partial charge in [0.05, 0.1) is 17.0 Å². The summed E-state index contributed by atoms with van der Waals surface area (Å²) in [5.74, 6) is 0.750. The van der Waals surface area contributed by atoms with E-state index in [9.17, 15) is 14.9 Å². The molecule has 102 valence electrons. The van der Waals surface area contributed by atoms with Gasteiger partial charge in [0.2, 0.25) is 0 Å². The highest BCUT2D eigenvalue weighted by Crippen LogP contribution is 2.28. The maximum absolute atomic E-state index is 11.6. The van der Waals surface area contributed by atoms with Gasteiger partial charge in [0, 0.05) is 30.5 Å². The van der Waals surface area contributed by atoms with Gasteiger partial charge >= 0.3 is 0 Å². The van der Waals surface area contributed by atoms with Crippen LogP contribution in [0.4, 0.5) is 11.5 Å². The van der Waals surface area contributed by atoms with E-state index in [0.717, 1.165) is 13.0 Å². The number of benzene rings is 1. The highest BCUT2D eigenvalue weighted by Gasteiger charge is 2.21. The Bertz CT molecular complexity index is 701. The Kier molecular flexibility index (Phi) is 3.02. The number of carbonyl (C=O) groups excluding carboxylic acids is 1. The van der Waals surface area contributed by atoms with Crippen molar-refractivity contribution in [3.05, 3.63) is 34.6 Å². The molecule has 2 heterocycles. The number of nitro benzene ring substituents is 1. The Morgan fingerprint density at radius 2 is 2.15 bits per heavy atom. The molecule has 1 fully saturated rings. The zero-order valence-electron chi connectivity index (χ0n) is 10.7. The predicted octanol–water partition coefficient (Wildman–Crippen LogP) is 1.71. The van der Waals surface area contributed by atoms with Crippen molar-refractivity contribution in [3.63, 3.8) is 0 Å². The van der Waals surface area contributed by atoms with Crippen molar-refractivity contribution in [2.45, 2.75) is 12.8 Å². The molecule has 1 aliphatic heterocycles. The van der Waals surface area contributed by atoms with Gasteiger partial charge in [-0.2, -0.15) is 0 Å². The molecule has 1 saturated heterocycles. The molecule has 0 spiro atoms. The molecule has 1 aliphatic rings. The van der Waals surface area contributed by atoms with Gasteiger partial charge in [-0.1, -0.05) is 0 Å². The minimum absolute atomic E-state index is 0.00288. The molecule has 0 bridgehead atoms. The van der Waals surface area contributed by atoms with Crippen LogP contribution in [0.15, 0.2) is 24.5 Å². The largest absolute Gasteiger partial charge is 0.349 e. The lowest BCUT2D eigenvalue weighted by atomic mass is 10.1. The van der Waals surface area contributed by atoms with Crippen molar-refractivity contribution in [2.24, 2.45) is 0 Å². The van der Waals surface area contributed by atoms with E-state index in [1.165, 1.54) is 18.5 Å². The normalized spacial score (nSPS) is 15.6. The van der Waals surface area contributed by atoms with Gasteiger partial charge in [-0.25, -0.2) is 9.97 Å². The van der Waals surface area contributed by atoms with Crippen LogP contribution in [0.3, 0.4) is 0 Å². The first-order valence-corrected chi connectivity index (χ1v) is 6.31. The monoisotopic (exact) mass is 272 g/mol. The Morgan fingerprint density at radius 1 is 1.30 bits per heavy atom. The fourth-order valence-electron chi connectivity index (χ4n) is 2.42. The molecule has 0 saturated carbocycles. The number of Topliss-reactive ketones (excluding diaryl/α,β-unsaturated/α-hetero) is 1. The number of anilines is 1. The summed E-state index contributed by atoms with van der Waals surface area (Å²) in [6, 6.07) is 4.48. The minimum Gasteiger partial charge on any atom is -0.349 e. The molecule has 0 unspecified atom stereocenters. The summed E-state index contributed by atoms with van der Waals surface area (Å²) in [4.78, 5) is 32.2. The third-order valence-electron chi connectivity index (χ3n) is 3.36. The van der Waals surface area contributed by atoms with Crippen LogP contribution in [0.5, 0.6) is 0 Å². The summed E-state index contributed by atoms with van der Waals surface area (Å²) in [5.41, 5.74) is 0.635. The molecule has 0 atom stereocenters. The zero-order valence-corrected chi connectivity index (χ0v) is 10.7. The van der Waals surface area contributed by atoms with Crippen molar-refractivity contribution in [2.75, 3.05) is 18.0 Å². The summed E-state index contributed by atoms with van der Waals surface area (Å²) in [7, 11) is 0. The van der Waals surface area contributed by atoms with E-state index in [4.69, 9.17) is 0 Å². The topological polar surface area (TPSA) is 89.2 Å². The molecular formula is C13H12N4O3. The van der Waals surface area contributed by atoms with Crippen LogP contribution in [-0.4, -0.2) is 33.8 Å². The summed E-state index contributed by atoms with van der Waals surface area (Å²) >= 11 is 0. The van der Waals surface area contributed by atoms with Crippen LogP contribution in [0.1, 0.15) is 12.8 Å². The lowest BCUT2D eigenvalue weighted by Gasteiger charge is -2.27. The quantitative estimate of drug-likeness (QED) is 0.610. The number of nitrogens with zero attached hydrogens (tertiary/aromatic N) is 4. The van der Waals surface area contributed by atoms with Gasteiger partial charge < -0.3 is 4.90 Å². The number of rotatable bonds is 2. The van der Waals surface area contributed by atoms with Crippen molar-refractivity contribution < 1.29 is 9.72 Å². The summed E-state index contributed by atoms with van der Waals surface area (Å²) in [6.45, 7) is 1.02. The number of hydrogen-bond donors (Lipinski definition) is 0. The second-order valence-corrected chi connectivity index (χ2v) is 4.72. The van der Waals surface area contributed by atoms with Crippen molar-refractivity contribution >= 4 is 28.2 Å². The second kappa shape index (κ2) is 4.84. The summed E-state index contributed by atoms with van der Waals surface area (Å²) < 4.78 is 0. The highest BCUT2D eigenvalue weighted by molar-refractivity contribution is 5.93. The fraction of sp³-hybridized carbons (Fsp3) is 0.308. The average molecular weight is 272 g/mol. The van der Waals surface area contributed by atoms with Gasteiger partial charge in [0.25, 0.3) is 5.69 Å². The van der Waals surface area contributed by atoms with Crippen LogP contribution >= 0.6 is 0 Å².